The number of hydrogen-bond acceptors (Lipinski definition) is 3. The second-order valence-electron chi connectivity index (χ2n) is 4.10. The van der Waals surface area contributed by atoms with Crippen molar-refractivity contribution in [2.24, 2.45) is 5.73 Å². The van der Waals surface area contributed by atoms with Crippen LogP contribution >= 0.6 is 0 Å². The molecular formula is C13H18N2O3. The lowest BCUT2D eigenvalue weighted by molar-refractivity contribution is -0.139. The normalized spacial score (nSPS) is 12.3. The largest absolute Gasteiger partial charge is 0.481 e. The number of amides is 1. The molecule has 1 aromatic carbocycles. The predicted molar refractivity (Wildman–Crippen MR) is 68.1 cm³/mol. The average molecular weight is 250 g/mol. The Kier molecular flexibility index (Phi) is 5.32. The molecule has 0 saturated heterocycles. The number of hydrogen-bond donors (Lipinski definition) is 2. The van der Waals surface area contributed by atoms with Gasteiger partial charge in [-0.2, -0.15) is 0 Å². The number of nitrogens with zero attached hydrogens (tertiary/aromatic N) is 1. The van der Waals surface area contributed by atoms with Crippen LogP contribution in [0.3, 0.4) is 0 Å². The first-order chi connectivity index (χ1) is 8.54. The highest BCUT2D eigenvalue weighted by Crippen LogP contribution is 2.17. The Morgan fingerprint density at radius 1 is 1.33 bits per heavy atom. The number of primary amides is 1. The van der Waals surface area contributed by atoms with E-state index in [1.807, 2.05) is 13.0 Å². The van der Waals surface area contributed by atoms with Crippen molar-refractivity contribution in [2.75, 3.05) is 19.6 Å². The summed E-state index contributed by atoms with van der Waals surface area (Å²) in [4.78, 5) is 23.9. The highest BCUT2D eigenvalue weighted by molar-refractivity contribution is 5.77. The van der Waals surface area contributed by atoms with E-state index < -0.39 is 17.8 Å². The standard InChI is InChI=1S/C13H18N2O3/c1-2-15(9-12(14)16)8-11(13(17)18)10-6-4-3-5-7-10/h3-7,11H,2,8-9H2,1H3,(H2,14,16)(H,17,18). The zero-order valence-corrected chi connectivity index (χ0v) is 10.4. The van der Waals surface area contributed by atoms with E-state index in [-0.39, 0.29) is 13.1 Å². The predicted octanol–water partition coefficient (Wildman–Crippen LogP) is 0.662. The van der Waals surface area contributed by atoms with Crippen LogP contribution in [0.15, 0.2) is 30.3 Å². The molecule has 1 aromatic rings. The Hall–Kier alpha value is -1.88. The number of nitrogens with two attached hydrogens (primary N) is 1. The van der Waals surface area contributed by atoms with Crippen molar-refractivity contribution in [2.45, 2.75) is 12.8 Å². The van der Waals surface area contributed by atoms with Gasteiger partial charge in [-0.1, -0.05) is 37.3 Å². The van der Waals surface area contributed by atoms with Gasteiger partial charge in [0.15, 0.2) is 0 Å². The number of carboxylic acid groups (broad SMARTS) is 1. The highest BCUT2D eigenvalue weighted by Gasteiger charge is 2.22. The molecule has 1 atom stereocenters. The minimum atomic E-state index is -0.899. The first-order valence-corrected chi connectivity index (χ1v) is 5.83. The summed E-state index contributed by atoms with van der Waals surface area (Å²) in [6.07, 6.45) is 0. The average Bonchev–Trinajstić information content (AvgIpc) is 2.34. The van der Waals surface area contributed by atoms with E-state index in [2.05, 4.69) is 0 Å². The molecule has 5 heteroatoms. The van der Waals surface area contributed by atoms with Gasteiger partial charge in [-0.15, -0.1) is 0 Å². The third-order valence-corrected chi connectivity index (χ3v) is 2.77. The summed E-state index contributed by atoms with van der Waals surface area (Å²) in [5.41, 5.74) is 5.86. The van der Waals surface area contributed by atoms with Crippen LogP contribution in [-0.4, -0.2) is 41.5 Å². The molecule has 0 fully saturated rings. The minimum absolute atomic E-state index is 0.0765. The summed E-state index contributed by atoms with van der Waals surface area (Å²) < 4.78 is 0. The lowest BCUT2D eigenvalue weighted by Crippen LogP contribution is -2.38. The maximum atomic E-state index is 11.3. The SMILES string of the molecule is CCN(CC(N)=O)CC(C(=O)O)c1ccccc1. The van der Waals surface area contributed by atoms with Crippen LogP contribution in [-0.2, 0) is 9.59 Å². The lowest BCUT2D eigenvalue weighted by atomic mass is 9.98. The van der Waals surface area contributed by atoms with Crippen molar-refractivity contribution in [3.05, 3.63) is 35.9 Å². The molecule has 0 heterocycles. The third-order valence-electron chi connectivity index (χ3n) is 2.77. The fourth-order valence-corrected chi connectivity index (χ4v) is 1.80. The molecule has 1 amide bonds. The van der Waals surface area contributed by atoms with Crippen LogP contribution in [0.25, 0.3) is 0 Å². The minimum Gasteiger partial charge on any atom is -0.481 e. The summed E-state index contributed by atoms with van der Waals surface area (Å²) >= 11 is 0. The fraction of sp³-hybridized carbons (Fsp3) is 0.385. The maximum Gasteiger partial charge on any atom is 0.312 e. The highest BCUT2D eigenvalue weighted by atomic mass is 16.4. The Morgan fingerprint density at radius 3 is 2.39 bits per heavy atom. The monoisotopic (exact) mass is 250 g/mol. The van der Waals surface area contributed by atoms with E-state index in [4.69, 9.17) is 5.73 Å². The van der Waals surface area contributed by atoms with Crippen LogP contribution in [0.4, 0.5) is 0 Å². The second-order valence-corrected chi connectivity index (χ2v) is 4.10. The molecule has 0 aliphatic rings. The third kappa shape index (κ3) is 4.18. The summed E-state index contributed by atoms with van der Waals surface area (Å²) in [7, 11) is 0. The van der Waals surface area contributed by atoms with Crippen molar-refractivity contribution in [3.8, 4) is 0 Å². The van der Waals surface area contributed by atoms with Gasteiger partial charge in [0.1, 0.15) is 0 Å². The maximum absolute atomic E-state index is 11.3. The number of carbonyl (C=O) groups excluding carboxylic acids is 1. The molecule has 18 heavy (non-hydrogen) atoms. The molecule has 5 nitrogen and oxygen atoms in total. The second kappa shape index (κ2) is 6.76. The van der Waals surface area contributed by atoms with E-state index in [9.17, 15) is 14.7 Å². The Bertz CT molecular complexity index is 406. The first-order valence-electron chi connectivity index (χ1n) is 5.83. The van der Waals surface area contributed by atoms with Crippen LogP contribution < -0.4 is 5.73 Å². The van der Waals surface area contributed by atoms with Crippen LogP contribution in [0.5, 0.6) is 0 Å². The number of benzene rings is 1. The van der Waals surface area contributed by atoms with Gasteiger partial charge < -0.3 is 10.8 Å². The van der Waals surface area contributed by atoms with E-state index in [0.29, 0.717) is 6.54 Å². The van der Waals surface area contributed by atoms with Crippen molar-refractivity contribution in [3.63, 3.8) is 0 Å². The lowest BCUT2D eigenvalue weighted by Gasteiger charge is -2.23. The first kappa shape index (κ1) is 14.2. The number of aliphatic carboxylic acids is 1. The molecule has 0 aliphatic heterocycles. The van der Waals surface area contributed by atoms with Gasteiger partial charge >= 0.3 is 5.97 Å². The Morgan fingerprint density at radius 2 is 1.94 bits per heavy atom. The summed E-state index contributed by atoms with van der Waals surface area (Å²) in [6.45, 7) is 2.80. The number of carboxylic acids is 1. The topological polar surface area (TPSA) is 83.6 Å². The zero-order valence-electron chi connectivity index (χ0n) is 10.4. The fourth-order valence-electron chi connectivity index (χ4n) is 1.80. The van der Waals surface area contributed by atoms with E-state index in [1.54, 1.807) is 29.2 Å². The van der Waals surface area contributed by atoms with Gasteiger partial charge in [0.05, 0.1) is 12.5 Å². The van der Waals surface area contributed by atoms with Crippen molar-refractivity contribution in [1.29, 1.82) is 0 Å². The van der Waals surface area contributed by atoms with Gasteiger partial charge in [0.2, 0.25) is 5.91 Å². The number of carbonyl (C=O) groups is 2. The molecule has 98 valence electrons. The summed E-state index contributed by atoms with van der Waals surface area (Å²) in [6, 6.07) is 8.99. The molecule has 0 aromatic heterocycles. The Balaban J connectivity index is 2.80. The molecule has 0 saturated carbocycles. The van der Waals surface area contributed by atoms with E-state index in [0.717, 1.165) is 5.56 Å². The number of rotatable bonds is 7. The van der Waals surface area contributed by atoms with Gasteiger partial charge in [0, 0.05) is 6.54 Å². The molecular weight excluding hydrogens is 232 g/mol. The summed E-state index contributed by atoms with van der Waals surface area (Å²) in [5.74, 6) is -2.00. The van der Waals surface area contributed by atoms with Gasteiger partial charge in [-0.3, -0.25) is 14.5 Å². The molecule has 0 aliphatic carbocycles. The molecule has 1 unspecified atom stereocenters. The summed E-state index contributed by atoms with van der Waals surface area (Å²) in [5, 5.41) is 9.26. The van der Waals surface area contributed by atoms with E-state index in [1.165, 1.54) is 0 Å². The molecule has 0 bridgehead atoms. The van der Waals surface area contributed by atoms with Gasteiger partial charge in [-0.25, -0.2) is 0 Å². The molecule has 1 rings (SSSR count). The smallest absolute Gasteiger partial charge is 0.312 e. The van der Waals surface area contributed by atoms with Crippen molar-refractivity contribution < 1.29 is 14.7 Å². The quantitative estimate of drug-likeness (QED) is 0.744. The number of likely N-dealkylation sites (N-methyl/N-ethyl adjacent to an activating group) is 1. The zero-order chi connectivity index (χ0) is 13.5. The van der Waals surface area contributed by atoms with E-state index >= 15 is 0 Å². The molecule has 0 radical (unpaired) electrons. The molecule has 0 spiro atoms. The van der Waals surface area contributed by atoms with Crippen molar-refractivity contribution in [1.82, 2.24) is 4.90 Å². The van der Waals surface area contributed by atoms with Gasteiger partial charge in [-0.05, 0) is 12.1 Å². The van der Waals surface area contributed by atoms with Crippen LogP contribution in [0.2, 0.25) is 0 Å². The van der Waals surface area contributed by atoms with Gasteiger partial charge in [0.25, 0.3) is 0 Å². The van der Waals surface area contributed by atoms with Crippen LogP contribution in [0.1, 0.15) is 18.4 Å². The molecule has 3 N–H and O–H groups in total. The van der Waals surface area contributed by atoms with Crippen LogP contribution in [0, 0.1) is 0 Å². The van der Waals surface area contributed by atoms with Crippen molar-refractivity contribution >= 4 is 11.9 Å². The Labute approximate surface area is 106 Å².